The van der Waals surface area contributed by atoms with Crippen molar-refractivity contribution in [2.75, 3.05) is 13.1 Å². The Balaban J connectivity index is 1.79. The van der Waals surface area contributed by atoms with E-state index in [2.05, 4.69) is 18.7 Å². The molecule has 0 saturated heterocycles. The number of allylic oxidation sites excluding steroid dienone is 2. The van der Waals surface area contributed by atoms with Crippen LogP contribution in [0.4, 0.5) is 0 Å². The van der Waals surface area contributed by atoms with Crippen molar-refractivity contribution in [2.45, 2.75) is 32.6 Å². The Morgan fingerprint density at radius 2 is 2.35 bits per heavy atom. The summed E-state index contributed by atoms with van der Waals surface area (Å²) in [5, 5.41) is 0. The first-order valence-corrected chi connectivity index (χ1v) is 6.73. The molecular weight excluding hydrogens is 210 g/mol. The lowest BCUT2D eigenvalue weighted by atomic mass is 9.89. The standard InChI is InChI=1S/C15H23NO/c1-3-9-16(12(2)17)11-14-10-15(14)13-7-5-4-6-8-13/h3-5,13-15H,1,6-11H2,2H3/t13?,14-,15?/m1/s1. The van der Waals surface area contributed by atoms with Gasteiger partial charge >= 0.3 is 0 Å². The highest BCUT2D eigenvalue weighted by Crippen LogP contribution is 2.48. The van der Waals surface area contributed by atoms with E-state index in [-0.39, 0.29) is 5.91 Å². The molecule has 94 valence electrons. The van der Waals surface area contributed by atoms with Gasteiger partial charge in [0.15, 0.2) is 0 Å². The fourth-order valence-corrected chi connectivity index (χ4v) is 3.03. The average Bonchev–Trinajstić information content (AvgIpc) is 3.09. The Morgan fingerprint density at radius 1 is 1.53 bits per heavy atom. The molecule has 0 spiro atoms. The van der Waals surface area contributed by atoms with Gasteiger partial charge in [-0.2, -0.15) is 0 Å². The van der Waals surface area contributed by atoms with Crippen LogP contribution >= 0.6 is 0 Å². The molecule has 1 amide bonds. The number of hydrogen-bond acceptors (Lipinski definition) is 1. The number of rotatable bonds is 5. The zero-order valence-corrected chi connectivity index (χ0v) is 10.8. The minimum atomic E-state index is 0.180. The first kappa shape index (κ1) is 12.4. The molecule has 0 bridgehead atoms. The van der Waals surface area contributed by atoms with Gasteiger partial charge in [-0.3, -0.25) is 4.79 Å². The molecule has 1 saturated carbocycles. The van der Waals surface area contributed by atoms with Crippen molar-refractivity contribution in [3.8, 4) is 0 Å². The molecule has 2 aliphatic rings. The van der Waals surface area contributed by atoms with Crippen LogP contribution in [0.25, 0.3) is 0 Å². The second-order valence-electron chi connectivity index (χ2n) is 5.42. The molecule has 0 N–H and O–H groups in total. The summed E-state index contributed by atoms with van der Waals surface area (Å²) in [7, 11) is 0. The van der Waals surface area contributed by atoms with Crippen LogP contribution in [0, 0.1) is 17.8 Å². The van der Waals surface area contributed by atoms with Crippen molar-refractivity contribution in [1.29, 1.82) is 0 Å². The maximum Gasteiger partial charge on any atom is 0.219 e. The van der Waals surface area contributed by atoms with Crippen molar-refractivity contribution < 1.29 is 4.79 Å². The molecule has 2 rings (SSSR count). The Kier molecular flexibility index (Phi) is 4.03. The predicted molar refractivity (Wildman–Crippen MR) is 70.5 cm³/mol. The van der Waals surface area contributed by atoms with E-state index in [0.29, 0.717) is 6.54 Å². The van der Waals surface area contributed by atoms with Crippen LogP contribution in [0.1, 0.15) is 32.6 Å². The maximum absolute atomic E-state index is 11.4. The SMILES string of the molecule is C=CCN(C[C@H]1CC1C1CC=CCC1)C(C)=O. The Morgan fingerprint density at radius 3 is 2.94 bits per heavy atom. The normalized spacial score (nSPS) is 31.0. The molecule has 2 unspecified atom stereocenters. The topological polar surface area (TPSA) is 20.3 Å². The van der Waals surface area contributed by atoms with Crippen LogP contribution in [-0.4, -0.2) is 23.9 Å². The highest BCUT2D eigenvalue weighted by molar-refractivity contribution is 5.73. The van der Waals surface area contributed by atoms with E-state index in [1.807, 2.05) is 11.0 Å². The summed E-state index contributed by atoms with van der Waals surface area (Å²) in [6.45, 7) is 7.01. The average molecular weight is 233 g/mol. The largest absolute Gasteiger partial charge is 0.339 e. The lowest BCUT2D eigenvalue weighted by Gasteiger charge is -2.21. The molecule has 2 nitrogen and oxygen atoms in total. The molecular formula is C15H23NO. The molecule has 0 aromatic heterocycles. The molecule has 0 heterocycles. The molecule has 0 aromatic rings. The van der Waals surface area contributed by atoms with Gasteiger partial charge in [0.2, 0.25) is 5.91 Å². The highest BCUT2D eigenvalue weighted by Gasteiger charge is 2.43. The third-order valence-corrected chi connectivity index (χ3v) is 4.14. The van der Waals surface area contributed by atoms with E-state index >= 15 is 0 Å². The van der Waals surface area contributed by atoms with Gasteiger partial charge in [0.05, 0.1) is 0 Å². The summed E-state index contributed by atoms with van der Waals surface area (Å²) >= 11 is 0. The number of hydrogen-bond donors (Lipinski definition) is 0. The summed E-state index contributed by atoms with van der Waals surface area (Å²) in [6.07, 6.45) is 11.6. The highest BCUT2D eigenvalue weighted by atomic mass is 16.2. The zero-order valence-electron chi connectivity index (χ0n) is 10.8. The second-order valence-corrected chi connectivity index (χ2v) is 5.42. The van der Waals surface area contributed by atoms with Crippen LogP contribution < -0.4 is 0 Å². The van der Waals surface area contributed by atoms with Crippen LogP contribution in [-0.2, 0) is 4.79 Å². The van der Waals surface area contributed by atoms with Gasteiger partial charge in [-0.05, 0) is 43.4 Å². The smallest absolute Gasteiger partial charge is 0.219 e. The number of carbonyl (C=O) groups excluding carboxylic acids is 1. The molecule has 0 radical (unpaired) electrons. The fraction of sp³-hybridized carbons (Fsp3) is 0.667. The monoisotopic (exact) mass is 233 g/mol. The minimum Gasteiger partial charge on any atom is -0.339 e. The van der Waals surface area contributed by atoms with E-state index in [9.17, 15) is 4.79 Å². The minimum absolute atomic E-state index is 0.180. The summed E-state index contributed by atoms with van der Waals surface area (Å²) < 4.78 is 0. The van der Waals surface area contributed by atoms with E-state index in [0.717, 1.165) is 24.3 Å². The van der Waals surface area contributed by atoms with Gasteiger partial charge in [0, 0.05) is 20.0 Å². The van der Waals surface area contributed by atoms with Crippen LogP contribution in [0.15, 0.2) is 24.8 Å². The molecule has 17 heavy (non-hydrogen) atoms. The van der Waals surface area contributed by atoms with Crippen LogP contribution in [0.5, 0.6) is 0 Å². The summed E-state index contributed by atoms with van der Waals surface area (Å²) in [5.41, 5.74) is 0. The fourth-order valence-electron chi connectivity index (χ4n) is 3.03. The lowest BCUT2D eigenvalue weighted by Crippen LogP contribution is -2.31. The summed E-state index contributed by atoms with van der Waals surface area (Å²) in [6, 6.07) is 0. The third kappa shape index (κ3) is 3.21. The van der Waals surface area contributed by atoms with Gasteiger partial charge in [-0.25, -0.2) is 0 Å². The third-order valence-electron chi connectivity index (χ3n) is 4.14. The van der Waals surface area contributed by atoms with Crippen molar-refractivity contribution in [2.24, 2.45) is 17.8 Å². The predicted octanol–water partition coefficient (Wildman–Crippen LogP) is 3.01. The van der Waals surface area contributed by atoms with E-state index in [1.54, 1.807) is 6.92 Å². The zero-order chi connectivity index (χ0) is 12.3. The van der Waals surface area contributed by atoms with Gasteiger partial charge in [-0.15, -0.1) is 6.58 Å². The first-order valence-electron chi connectivity index (χ1n) is 6.73. The van der Waals surface area contributed by atoms with Crippen molar-refractivity contribution in [1.82, 2.24) is 4.90 Å². The van der Waals surface area contributed by atoms with Gasteiger partial charge in [0.1, 0.15) is 0 Å². The quantitative estimate of drug-likeness (QED) is 0.668. The Hall–Kier alpha value is -1.05. The van der Waals surface area contributed by atoms with Gasteiger partial charge < -0.3 is 4.90 Å². The van der Waals surface area contributed by atoms with Crippen LogP contribution in [0.3, 0.4) is 0 Å². The van der Waals surface area contributed by atoms with Crippen molar-refractivity contribution in [3.63, 3.8) is 0 Å². The Bertz CT molecular complexity index is 321. The van der Waals surface area contributed by atoms with E-state index < -0.39 is 0 Å². The van der Waals surface area contributed by atoms with Gasteiger partial charge in [0.25, 0.3) is 0 Å². The van der Waals surface area contributed by atoms with E-state index in [1.165, 1.54) is 25.7 Å². The van der Waals surface area contributed by atoms with Gasteiger partial charge in [-0.1, -0.05) is 18.2 Å². The maximum atomic E-state index is 11.4. The second kappa shape index (κ2) is 5.52. The lowest BCUT2D eigenvalue weighted by molar-refractivity contribution is -0.128. The molecule has 1 fully saturated rings. The molecule has 2 aliphatic carbocycles. The molecule has 0 aromatic carbocycles. The van der Waals surface area contributed by atoms with Crippen molar-refractivity contribution in [3.05, 3.63) is 24.8 Å². The number of nitrogens with zero attached hydrogens (tertiary/aromatic N) is 1. The van der Waals surface area contributed by atoms with E-state index in [4.69, 9.17) is 0 Å². The Labute approximate surface area is 104 Å². The number of amides is 1. The number of carbonyl (C=O) groups is 1. The summed E-state index contributed by atoms with van der Waals surface area (Å²) in [5.74, 6) is 2.67. The molecule has 2 heteroatoms. The molecule has 3 atom stereocenters. The van der Waals surface area contributed by atoms with Crippen molar-refractivity contribution >= 4 is 5.91 Å². The van der Waals surface area contributed by atoms with Crippen LogP contribution in [0.2, 0.25) is 0 Å². The first-order chi connectivity index (χ1) is 8.22. The molecule has 0 aliphatic heterocycles. The summed E-state index contributed by atoms with van der Waals surface area (Å²) in [4.78, 5) is 13.4.